The first-order chi connectivity index (χ1) is 5.61. The molecule has 0 aliphatic heterocycles. The summed E-state index contributed by atoms with van der Waals surface area (Å²) in [6.45, 7) is 2.67. The summed E-state index contributed by atoms with van der Waals surface area (Å²) in [4.78, 5) is 12.7. The zero-order valence-corrected chi connectivity index (χ0v) is 7.70. The number of carbonyl (C=O) groups is 1. The van der Waals surface area contributed by atoms with Crippen LogP contribution in [0.2, 0.25) is 0 Å². The Kier molecular flexibility index (Phi) is 5.06. The zero-order valence-electron chi connectivity index (χ0n) is 7.70. The van der Waals surface area contributed by atoms with Crippen molar-refractivity contribution in [1.82, 2.24) is 4.90 Å². The first-order valence-corrected chi connectivity index (χ1v) is 3.75. The van der Waals surface area contributed by atoms with E-state index in [-0.39, 0.29) is 11.9 Å². The first-order valence-electron chi connectivity index (χ1n) is 3.75. The molecule has 1 unspecified atom stereocenters. The molecule has 4 nitrogen and oxygen atoms in total. The van der Waals surface area contributed by atoms with Crippen molar-refractivity contribution in [2.24, 2.45) is 5.92 Å². The van der Waals surface area contributed by atoms with Crippen molar-refractivity contribution in [3.63, 3.8) is 0 Å². The second-order valence-corrected chi connectivity index (χ2v) is 2.78. The van der Waals surface area contributed by atoms with E-state index in [0.29, 0.717) is 13.1 Å². The lowest BCUT2D eigenvalue weighted by Gasteiger charge is -2.16. The Morgan fingerprint density at radius 3 is 2.75 bits per heavy atom. The van der Waals surface area contributed by atoms with E-state index in [1.165, 1.54) is 7.11 Å². The Hall–Kier alpha value is -1.08. The van der Waals surface area contributed by atoms with Crippen LogP contribution in [0.15, 0.2) is 0 Å². The Morgan fingerprint density at radius 1 is 1.75 bits per heavy atom. The van der Waals surface area contributed by atoms with E-state index in [0.717, 1.165) is 0 Å². The number of carbonyl (C=O) groups excluding carboxylic acids is 1. The van der Waals surface area contributed by atoms with Gasteiger partial charge in [-0.25, -0.2) is 0 Å². The molecule has 4 heteroatoms. The molecule has 0 fully saturated rings. The van der Waals surface area contributed by atoms with Gasteiger partial charge in [-0.15, -0.1) is 0 Å². The minimum absolute atomic E-state index is 0.173. The highest BCUT2D eigenvalue weighted by atomic mass is 16.5. The quantitative estimate of drug-likeness (QED) is 0.448. The molecule has 1 atom stereocenters. The van der Waals surface area contributed by atoms with E-state index in [1.54, 1.807) is 18.9 Å². The lowest BCUT2D eigenvalue weighted by atomic mass is 10.2. The highest BCUT2D eigenvalue weighted by Crippen LogP contribution is 1.99. The van der Waals surface area contributed by atoms with E-state index < -0.39 is 0 Å². The minimum Gasteiger partial charge on any atom is -0.469 e. The summed E-state index contributed by atoms with van der Waals surface area (Å²) in [6.07, 6.45) is 0. The fraction of sp³-hybridized carbons (Fsp3) is 0.750. The summed E-state index contributed by atoms with van der Waals surface area (Å²) in [5.41, 5.74) is 0. The van der Waals surface area contributed by atoms with Crippen molar-refractivity contribution in [2.75, 3.05) is 27.2 Å². The van der Waals surface area contributed by atoms with Crippen LogP contribution in [0.3, 0.4) is 0 Å². The summed E-state index contributed by atoms with van der Waals surface area (Å²) >= 11 is 0. The second kappa shape index (κ2) is 5.56. The third-order valence-electron chi connectivity index (χ3n) is 1.53. The molecule has 0 N–H and O–H groups in total. The molecule has 0 radical (unpaired) electrons. The zero-order chi connectivity index (χ0) is 9.56. The van der Waals surface area contributed by atoms with Crippen LogP contribution in [-0.2, 0) is 9.53 Å². The average Bonchev–Trinajstić information content (AvgIpc) is 2.03. The third-order valence-corrected chi connectivity index (χ3v) is 1.53. The lowest BCUT2D eigenvalue weighted by molar-refractivity contribution is -0.145. The van der Waals surface area contributed by atoms with E-state index >= 15 is 0 Å². The van der Waals surface area contributed by atoms with Crippen LogP contribution in [0.25, 0.3) is 0 Å². The molecule has 0 heterocycles. The van der Waals surface area contributed by atoms with Crippen molar-refractivity contribution in [1.29, 1.82) is 5.26 Å². The van der Waals surface area contributed by atoms with E-state index in [1.807, 2.05) is 6.07 Å². The Labute approximate surface area is 72.7 Å². The standard InChI is InChI=1S/C8H14N2O2/c1-7(8(11)12-3)6-10(2)5-4-9/h7H,5-6H2,1-3H3. The van der Waals surface area contributed by atoms with Crippen molar-refractivity contribution in [2.45, 2.75) is 6.92 Å². The number of nitriles is 1. The van der Waals surface area contributed by atoms with Crippen molar-refractivity contribution in [3.05, 3.63) is 0 Å². The maximum absolute atomic E-state index is 10.9. The van der Waals surface area contributed by atoms with E-state index in [2.05, 4.69) is 4.74 Å². The molecule has 0 spiro atoms. The number of rotatable bonds is 4. The van der Waals surface area contributed by atoms with Gasteiger partial charge in [-0.3, -0.25) is 9.69 Å². The van der Waals surface area contributed by atoms with Crippen LogP contribution in [0.4, 0.5) is 0 Å². The van der Waals surface area contributed by atoms with Crippen molar-refractivity contribution < 1.29 is 9.53 Å². The smallest absolute Gasteiger partial charge is 0.309 e. The molecule has 0 rings (SSSR count). The lowest BCUT2D eigenvalue weighted by Crippen LogP contribution is -2.29. The normalized spacial score (nSPS) is 12.2. The summed E-state index contributed by atoms with van der Waals surface area (Å²) in [5.74, 6) is -0.409. The van der Waals surface area contributed by atoms with Gasteiger partial charge >= 0.3 is 5.97 Å². The molecule has 12 heavy (non-hydrogen) atoms. The summed E-state index contributed by atoms with van der Waals surface area (Å²) in [7, 11) is 3.16. The van der Waals surface area contributed by atoms with Gasteiger partial charge in [0.2, 0.25) is 0 Å². The molecule has 0 aromatic heterocycles. The molecular weight excluding hydrogens is 156 g/mol. The number of ether oxygens (including phenoxy) is 1. The van der Waals surface area contributed by atoms with Gasteiger partial charge in [-0.05, 0) is 7.05 Å². The minimum atomic E-state index is -0.236. The molecule has 0 aromatic rings. The summed E-state index contributed by atoms with van der Waals surface area (Å²) < 4.78 is 4.54. The van der Waals surface area contributed by atoms with Crippen LogP contribution in [0.5, 0.6) is 0 Å². The molecule has 0 saturated carbocycles. The number of methoxy groups -OCH3 is 1. The van der Waals surface area contributed by atoms with Crippen LogP contribution in [-0.4, -0.2) is 38.1 Å². The van der Waals surface area contributed by atoms with Gasteiger partial charge in [0.15, 0.2) is 0 Å². The predicted molar refractivity (Wildman–Crippen MR) is 44.3 cm³/mol. The molecule has 0 amide bonds. The second-order valence-electron chi connectivity index (χ2n) is 2.78. The molecule has 0 aliphatic rings. The number of hydrogen-bond acceptors (Lipinski definition) is 4. The van der Waals surface area contributed by atoms with Gasteiger partial charge in [0, 0.05) is 6.54 Å². The highest BCUT2D eigenvalue weighted by molar-refractivity contribution is 5.72. The largest absolute Gasteiger partial charge is 0.469 e. The number of esters is 1. The Balaban J connectivity index is 3.76. The first kappa shape index (κ1) is 10.9. The van der Waals surface area contributed by atoms with Gasteiger partial charge in [-0.2, -0.15) is 5.26 Å². The maximum Gasteiger partial charge on any atom is 0.309 e. The molecule has 68 valence electrons. The topological polar surface area (TPSA) is 53.3 Å². The molecule has 0 bridgehead atoms. The van der Waals surface area contributed by atoms with Gasteiger partial charge < -0.3 is 4.74 Å². The fourth-order valence-corrected chi connectivity index (χ4v) is 0.928. The van der Waals surface area contributed by atoms with Gasteiger partial charge in [0.25, 0.3) is 0 Å². The molecule has 0 saturated heterocycles. The van der Waals surface area contributed by atoms with Gasteiger partial charge in [0.1, 0.15) is 0 Å². The van der Waals surface area contributed by atoms with Gasteiger partial charge in [0.05, 0.1) is 25.6 Å². The molecule has 0 aromatic carbocycles. The molecular formula is C8H14N2O2. The highest BCUT2D eigenvalue weighted by Gasteiger charge is 2.14. The summed E-state index contributed by atoms with van der Waals surface area (Å²) in [6, 6.07) is 2.00. The monoisotopic (exact) mass is 170 g/mol. The van der Waals surface area contributed by atoms with Crippen LogP contribution in [0.1, 0.15) is 6.92 Å². The van der Waals surface area contributed by atoms with Crippen LogP contribution >= 0.6 is 0 Å². The average molecular weight is 170 g/mol. The Morgan fingerprint density at radius 2 is 2.33 bits per heavy atom. The maximum atomic E-state index is 10.9. The number of hydrogen-bond donors (Lipinski definition) is 0. The Bertz CT molecular complexity index is 186. The van der Waals surface area contributed by atoms with Crippen molar-refractivity contribution in [3.8, 4) is 6.07 Å². The van der Waals surface area contributed by atoms with Crippen molar-refractivity contribution >= 4 is 5.97 Å². The fourth-order valence-electron chi connectivity index (χ4n) is 0.928. The predicted octanol–water partition coefficient (Wildman–Crippen LogP) is 0.251. The van der Waals surface area contributed by atoms with Crippen LogP contribution < -0.4 is 0 Å². The summed E-state index contributed by atoms with van der Waals surface area (Å²) in [5, 5.41) is 8.34. The third kappa shape index (κ3) is 3.94. The van der Waals surface area contributed by atoms with Gasteiger partial charge in [-0.1, -0.05) is 6.92 Å². The SMILES string of the molecule is COC(=O)C(C)CN(C)CC#N. The van der Waals surface area contributed by atoms with E-state index in [9.17, 15) is 4.79 Å². The van der Waals surface area contributed by atoms with Crippen LogP contribution in [0, 0.1) is 17.2 Å². The van der Waals surface area contributed by atoms with E-state index in [4.69, 9.17) is 5.26 Å². The molecule has 0 aliphatic carbocycles. The number of nitrogens with zero attached hydrogens (tertiary/aromatic N) is 2.